The summed E-state index contributed by atoms with van der Waals surface area (Å²) in [6.07, 6.45) is 1.81. The van der Waals surface area contributed by atoms with Gasteiger partial charge in [0.2, 0.25) is 5.91 Å². The van der Waals surface area contributed by atoms with Crippen LogP contribution in [-0.2, 0) is 10.2 Å². The number of piperidine rings is 1. The molecule has 1 saturated heterocycles. The largest absolute Gasteiger partial charge is 0.467 e. The number of urea groups is 1. The summed E-state index contributed by atoms with van der Waals surface area (Å²) < 4.78 is 19.9. The van der Waals surface area contributed by atoms with Crippen molar-refractivity contribution >= 4 is 46.6 Å². The van der Waals surface area contributed by atoms with Crippen LogP contribution in [-0.4, -0.2) is 58.9 Å². The molecule has 9 nitrogen and oxygen atoms in total. The van der Waals surface area contributed by atoms with E-state index in [1.54, 1.807) is 30.8 Å². The number of ether oxygens (including phenoxy) is 1. The van der Waals surface area contributed by atoms with Gasteiger partial charge in [0.25, 0.3) is 5.88 Å². The van der Waals surface area contributed by atoms with Crippen molar-refractivity contribution in [2.45, 2.75) is 31.3 Å². The van der Waals surface area contributed by atoms with E-state index >= 15 is 0 Å². The molecular weight excluding hydrogens is 546 g/mol. The van der Waals surface area contributed by atoms with Gasteiger partial charge in [-0.15, -0.1) is 0 Å². The molecule has 3 N–H and O–H groups in total. The van der Waals surface area contributed by atoms with Crippen LogP contribution in [0.15, 0.2) is 36.5 Å². The van der Waals surface area contributed by atoms with E-state index in [1.807, 2.05) is 18.2 Å². The SMILES string of the molecule is C[C@@H](Oc1nc(-c2ccc3c(c2)NC(=O)C32CCN(C(=O)N(C)C)CC2)cnc1N)c1c(Cl)ccc(F)c1Cl. The number of nitrogens with two attached hydrogens (primary N) is 1. The fourth-order valence-corrected chi connectivity index (χ4v) is 5.87. The van der Waals surface area contributed by atoms with Gasteiger partial charge in [0.05, 0.1) is 22.3 Å². The highest BCUT2D eigenvalue weighted by Gasteiger charge is 2.49. The second-order valence-electron chi connectivity index (χ2n) is 9.92. The van der Waals surface area contributed by atoms with Gasteiger partial charge >= 0.3 is 6.03 Å². The maximum Gasteiger partial charge on any atom is 0.319 e. The van der Waals surface area contributed by atoms with Gasteiger partial charge in [0.15, 0.2) is 5.82 Å². The Kier molecular flexibility index (Phi) is 7.02. The summed E-state index contributed by atoms with van der Waals surface area (Å²) in [5.41, 5.74) is 8.36. The van der Waals surface area contributed by atoms with Crippen molar-refractivity contribution < 1.29 is 18.7 Å². The molecule has 3 heterocycles. The summed E-state index contributed by atoms with van der Waals surface area (Å²) in [5.74, 6) is -0.610. The lowest BCUT2D eigenvalue weighted by molar-refractivity contribution is -0.122. The molecule has 1 atom stereocenters. The van der Waals surface area contributed by atoms with Gasteiger partial charge in [0.1, 0.15) is 11.9 Å². The van der Waals surface area contributed by atoms with Crippen LogP contribution >= 0.6 is 23.2 Å². The minimum atomic E-state index is -0.767. The molecule has 3 amide bonds. The topological polar surface area (TPSA) is 114 Å². The highest BCUT2D eigenvalue weighted by molar-refractivity contribution is 6.36. The second kappa shape index (κ2) is 10.2. The average molecular weight is 573 g/mol. The second-order valence-corrected chi connectivity index (χ2v) is 10.7. The fourth-order valence-electron chi connectivity index (χ4n) is 5.20. The van der Waals surface area contributed by atoms with Gasteiger partial charge in [-0.05, 0) is 43.5 Å². The van der Waals surface area contributed by atoms with Gasteiger partial charge in [-0.1, -0.05) is 35.3 Å². The zero-order valence-corrected chi connectivity index (χ0v) is 23.1. The molecule has 2 aliphatic rings. The first-order valence-electron chi connectivity index (χ1n) is 12.4. The van der Waals surface area contributed by atoms with Crippen molar-refractivity contribution in [2.24, 2.45) is 0 Å². The normalized spacial score (nSPS) is 16.6. The standard InChI is InChI=1S/C27H27Cl2FN6O3/c1-14(21-17(28)6-7-18(30)22(21)29)39-24-23(31)32-13-20(33-24)15-4-5-16-19(12-15)34-25(37)27(16)8-10-36(11-9-27)26(38)35(2)3/h4-7,12-14H,8-11H2,1-3H3,(H2,31,32)(H,34,37)/t14-/m1/s1. The molecular formula is C27H27Cl2FN6O3. The van der Waals surface area contributed by atoms with Crippen LogP contribution < -0.4 is 15.8 Å². The Morgan fingerprint density at radius 1 is 1.23 bits per heavy atom. The molecule has 1 spiro atoms. The Morgan fingerprint density at radius 3 is 2.64 bits per heavy atom. The molecule has 0 unspecified atom stereocenters. The number of nitrogens with zero attached hydrogens (tertiary/aromatic N) is 4. The minimum Gasteiger partial charge on any atom is -0.467 e. The van der Waals surface area contributed by atoms with E-state index in [9.17, 15) is 14.0 Å². The number of halogens is 3. The Balaban J connectivity index is 1.40. The number of amides is 3. The van der Waals surface area contributed by atoms with Crippen molar-refractivity contribution in [1.82, 2.24) is 19.8 Å². The third-order valence-corrected chi connectivity index (χ3v) is 8.04. The molecule has 12 heteroatoms. The van der Waals surface area contributed by atoms with E-state index < -0.39 is 17.3 Å². The van der Waals surface area contributed by atoms with Crippen molar-refractivity contribution in [3.05, 3.63) is 63.5 Å². The summed E-state index contributed by atoms with van der Waals surface area (Å²) in [4.78, 5) is 37.6. The maximum atomic E-state index is 14.0. The number of anilines is 2. The van der Waals surface area contributed by atoms with Crippen molar-refractivity contribution in [3.63, 3.8) is 0 Å². The third-order valence-electron chi connectivity index (χ3n) is 7.33. The summed E-state index contributed by atoms with van der Waals surface area (Å²) in [7, 11) is 3.43. The molecule has 0 radical (unpaired) electrons. The van der Waals surface area contributed by atoms with E-state index in [-0.39, 0.29) is 39.2 Å². The van der Waals surface area contributed by atoms with Crippen molar-refractivity contribution in [3.8, 4) is 17.1 Å². The lowest BCUT2D eigenvalue weighted by atomic mass is 9.73. The summed E-state index contributed by atoms with van der Waals surface area (Å²) in [5, 5.41) is 3.12. The molecule has 204 valence electrons. The number of benzene rings is 2. The number of likely N-dealkylation sites (tertiary alicyclic amines) is 1. The van der Waals surface area contributed by atoms with E-state index in [0.29, 0.717) is 42.9 Å². The van der Waals surface area contributed by atoms with Gasteiger partial charge in [-0.2, -0.15) is 0 Å². The number of nitrogen functional groups attached to an aromatic ring is 1. The monoisotopic (exact) mass is 572 g/mol. The first-order chi connectivity index (χ1) is 18.5. The number of fused-ring (bicyclic) bond motifs is 2. The molecule has 3 aromatic rings. The number of hydrogen-bond donors (Lipinski definition) is 2. The minimum absolute atomic E-state index is 0.0373. The molecule has 2 aliphatic heterocycles. The Hall–Kier alpha value is -3.63. The first kappa shape index (κ1) is 27.0. The summed E-state index contributed by atoms with van der Waals surface area (Å²) in [6.45, 7) is 2.64. The number of aromatic nitrogens is 2. The maximum absolute atomic E-state index is 14.0. The number of carbonyl (C=O) groups is 2. The van der Waals surface area contributed by atoms with Gasteiger partial charge in [0, 0.05) is 49.0 Å². The lowest BCUT2D eigenvalue weighted by Gasteiger charge is -2.38. The smallest absolute Gasteiger partial charge is 0.319 e. The third kappa shape index (κ3) is 4.72. The van der Waals surface area contributed by atoms with E-state index in [1.165, 1.54) is 18.3 Å². The average Bonchev–Trinajstić information content (AvgIpc) is 3.17. The van der Waals surface area contributed by atoms with Crippen LogP contribution in [0.25, 0.3) is 11.3 Å². The number of hydrogen-bond acceptors (Lipinski definition) is 6. The highest BCUT2D eigenvalue weighted by Crippen LogP contribution is 2.46. The number of carbonyl (C=O) groups excluding carboxylic acids is 2. The van der Waals surface area contributed by atoms with Gasteiger partial charge in [-0.25, -0.2) is 19.2 Å². The zero-order valence-electron chi connectivity index (χ0n) is 21.6. The molecule has 39 heavy (non-hydrogen) atoms. The predicted molar refractivity (Wildman–Crippen MR) is 148 cm³/mol. The van der Waals surface area contributed by atoms with Crippen LogP contribution in [0, 0.1) is 5.82 Å². The van der Waals surface area contributed by atoms with Crippen molar-refractivity contribution in [1.29, 1.82) is 0 Å². The quantitative estimate of drug-likeness (QED) is 0.411. The number of rotatable bonds is 4. The molecule has 1 aromatic heterocycles. The molecule has 0 saturated carbocycles. The van der Waals surface area contributed by atoms with E-state index in [0.717, 1.165) is 5.56 Å². The molecule has 5 rings (SSSR count). The van der Waals surface area contributed by atoms with Crippen LogP contribution in [0.1, 0.15) is 37.0 Å². The fraction of sp³-hybridized carbons (Fsp3) is 0.333. The van der Waals surface area contributed by atoms with Crippen LogP contribution in [0.3, 0.4) is 0 Å². The predicted octanol–water partition coefficient (Wildman–Crippen LogP) is 5.28. The molecule has 1 fully saturated rings. The highest BCUT2D eigenvalue weighted by atomic mass is 35.5. The van der Waals surface area contributed by atoms with Crippen LogP contribution in [0.2, 0.25) is 10.0 Å². The zero-order chi connectivity index (χ0) is 28.1. The van der Waals surface area contributed by atoms with E-state index in [2.05, 4.69) is 15.3 Å². The van der Waals surface area contributed by atoms with Gasteiger partial charge < -0.3 is 25.6 Å². The van der Waals surface area contributed by atoms with Gasteiger partial charge in [-0.3, -0.25) is 4.79 Å². The molecule has 0 aliphatic carbocycles. The Bertz CT molecular complexity index is 1480. The van der Waals surface area contributed by atoms with Crippen LogP contribution in [0.5, 0.6) is 5.88 Å². The lowest BCUT2D eigenvalue weighted by Crippen LogP contribution is -2.50. The number of nitrogens with one attached hydrogen (secondary N) is 1. The summed E-state index contributed by atoms with van der Waals surface area (Å²) >= 11 is 12.4. The Labute approximate surface area is 235 Å². The van der Waals surface area contributed by atoms with Crippen molar-refractivity contribution in [2.75, 3.05) is 38.2 Å². The van der Waals surface area contributed by atoms with Crippen LogP contribution in [0.4, 0.5) is 20.7 Å². The van der Waals surface area contributed by atoms with E-state index in [4.69, 9.17) is 33.7 Å². The Morgan fingerprint density at radius 2 is 1.95 bits per heavy atom. The molecule has 0 bridgehead atoms. The summed E-state index contributed by atoms with van der Waals surface area (Å²) in [6, 6.07) is 8.14. The molecule has 2 aromatic carbocycles. The first-order valence-corrected chi connectivity index (χ1v) is 13.1.